The second-order valence-electron chi connectivity index (χ2n) is 5.12. The predicted octanol–water partition coefficient (Wildman–Crippen LogP) is 2.85. The molecule has 106 valence electrons. The fourth-order valence-corrected chi connectivity index (χ4v) is 1.91. The van der Waals surface area contributed by atoms with Crippen LogP contribution in [-0.2, 0) is 9.53 Å². The highest BCUT2D eigenvalue weighted by atomic mass is 16.5. The molecule has 0 fully saturated rings. The lowest BCUT2D eigenvalue weighted by Gasteiger charge is -2.23. The molecule has 0 saturated carbocycles. The van der Waals surface area contributed by atoms with Crippen molar-refractivity contribution >= 4 is 11.6 Å². The molecule has 0 spiro atoms. The largest absolute Gasteiger partial charge is 0.377 e. The van der Waals surface area contributed by atoms with Crippen LogP contribution >= 0.6 is 0 Å². The van der Waals surface area contributed by atoms with E-state index in [1.807, 2.05) is 38.1 Å². The minimum Gasteiger partial charge on any atom is -0.377 e. The van der Waals surface area contributed by atoms with Crippen molar-refractivity contribution in [2.24, 2.45) is 5.73 Å². The van der Waals surface area contributed by atoms with Gasteiger partial charge in [0.25, 0.3) is 0 Å². The standard InChI is InChI=1S/C15H24N2O2/c1-5-9-15(3,16)14(18)17-13-8-6-7-12(10-13)11(2)19-4/h6-8,10-11H,5,9,16H2,1-4H3,(H,17,18). The van der Waals surface area contributed by atoms with Gasteiger partial charge in [-0.2, -0.15) is 0 Å². The summed E-state index contributed by atoms with van der Waals surface area (Å²) in [6.45, 7) is 5.73. The van der Waals surface area contributed by atoms with E-state index in [1.165, 1.54) is 0 Å². The minimum atomic E-state index is -0.836. The zero-order valence-electron chi connectivity index (χ0n) is 12.2. The number of carbonyl (C=O) groups is 1. The minimum absolute atomic E-state index is 0.00301. The first-order valence-electron chi connectivity index (χ1n) is 6.63. The maximum Gasteiger partial charge on any atom is 0.244 e. The van der Waals surface area contributed by atoms with Gasteiger partial charge in [0.1, 0.15) is 0 Å². The third-order valence-electron chi connectivity index (χ3n) is 3.26. The van der Waals surface area contributed by atoms with Crippen LogP contribution < -0.4 is 11.1 Å². The molecule has 3 N–H and O–H groups in total. The number of methoxy groups -OCH3 is 1. The van der Waals surface area contributed by atoms with Crippen LogP contribution in [0.15, 0.2) is 24.3 Å². The van der Waals surface area contributed by atoms with E-state index in [1.54, 1.807) is 14.0 Å². The molecule has 1 aromatic carbocycles. The van der Waals surface area contributed by atoms with Gasteiger partial charge in [0.15, 0.2) is 0 Å². The van der Waals surface area contributed by atoms with E-state index in [0.29, 0.717) is 6.42 Å². The molecule has 0 aromatic heterocycles. The third-order valence-corrected chi connectivity index (χ3v) is 3.26. The molecule has 4 nitrogen and oxygen atoms in total. The molecule has 0 aliphatic carbocycles. The van der Waals surface area contributed by atoms with E-state index in [4.69, 9.17) is 10.5 Å². The van der Waals surface area contributed by atoms with E-state index in [9.17, 15) is 4.79 Å². The van der Waals surface area contributed by atoms with Gasteiger partial charge in [-0.05, 0) is 38.0 Å². The maximum absolute atomic E-state index is 12.1. The van der Waals surface area contributed by atoms with E-state index in [2.05, 4.69) is 5.32 Å². The van der Waals surface area contributed by atoms with Crippen molar-refractivity contribution in [3.63, 3.8) is 0 Å². The fourth-order valence-electron chi connectivity index (χ4n) is 1.91. The molecule has 2 atom stereocenters. The van der Waals surface area contributed by atoms with Crippen LogP contribution in [0.1, 0.15) is 45.3 Å². The summed E-state index contributed by atoms with van der Waals surface area (Å²) in [5.74, 6) is -0.156. The van der Waals surface area contributed by atoms with Gasteiger partial charge >= 0.3 is 0 Å². The molecule has 0 heterocycles. The highest BCUT2D eigenvalue weighted by Gasteiger charge is 2.27. The number of ether oxygens (including phenoxy) is 1. The zero-order chi connectivity index (χ0) is 14.5. The van der Waals surface area contributed by atoms with E-state index in [-0.39, 0.29) is 12.0 Å². The van der Waals surface area contributed by atoms with Crippen molar-refractivity contribution in [3.8, 4) is 0 Å². The fraction of sp³-hybridized carbons (Fsp3) is 0.533. The predicted molar refractivity (Wildman–Crippen MR) is 78.0 cm³/mol. The van der Waals surface area contributed by atoms with Gasteiger partial charge in [-0.1, -0.05) is 25.5 Å². The monoisotopic (exact) mass is 264 g/mol. The Morgan fingerprint density at radius 3 is 2.79 bits per heavy atom. The number of benzene rings is 1. The summed E-state index contributed by atoms with van der Waals surface area (Å²) in [6.07, 6.45) is 1.53. The number of nitrogens with two attached hydrogens (primary N) is 1. The number of carbonyl (C=O) groups excluding carboxylic acids is 1. The molecular formula is C15H24N2O2. The average Bonchev–Trinajstić information content (AvgIpc) is 2.38. The molecule has 2 unspecified atom stereocenters. The second-order valence-corrected chi connectivity index (χ2v) is 5.12. The van der Waals surface area contributed by atoms with Gasteiger partial charge in [-0.3, -0.25) is 4.79 Å². The Hall–Kier alpha value is -1.39. The van der Waals surface area contributed by atoms with Crippen LogP contribution in [0, 0.1) is 0 Å². The summed E-state index contributed by atoms with van der Waals surface area (Å²) in [5.41, 5.74) is 6.94. The lowest BCUT2D eigenvalue weighted by Crippen LogP contribution is -2.48. The Kier molecular flexibility index (Phi) is 5.51. The molecule has 0 bridgehead atoms. The number of anilines is 1. The van der Waals surface area contributed by atoms with Crippen molar-refractivity contribution in [1.82, 2.24) is 0 Å². The normalized spacial score (nSPS) is 15.6. The maximum atomic E-state index is 12.1. The lowest BCUT2D eigenvalue weighted by molar-refractivity contribution is -0.120. The first kappa shape index (κ1) is 15.7. The first-order chi connectivity index (χ1) is 8.90. The molecule has 1 rings (SSSR count). The average molecular weight is 264 g/mol. The van der Waals surface area contributed by atoms with Gasteiger partial charge in [-0.15, -0.1) is 0 Å². The number of amides is 1. The number of rotatable bonds is 6. The van der Waals surface area contributed by atoms with Crippen molar-refractivity contribution in [2.75, 3.05) is 12.4 Å². The summed E-state index contributed by atoms with van der Waals surface area (Å²) < 4.78 is 5.26. The molecule has 0 radical (unpaired) electrons. The van der Waals surface area contributed by atoms with Crippen LogP contribution in [-0.4, -0.2) is 18.6 Å². The molecule has 1 amide bonds. The summed E-state index contributed by atoms with van der Waals surface area (Å²) in [7, 11) is 1.66. The molecule has 19 heavy (non-hydrogen) atoms. The highest BCUT2D eigenvalue weighted by Crippen LogP contribution is 2.20. The van der Waals surface area contributed by atoms with E-state index in [0.717, 1.165) is 17.7 Å². The quantitative estimate of drug-likeness (QED) is 0.830. The first-order valence-corrected chi connectivity index (χ1v) is 6.63. The molecule has 0 aliphatic heterocycles. The second kappa shape index (κ2) is 6.68. The van der Waals surface area contributed by atoms with Crippen LogP contribution in [0.25, 0.3) is 0 Å². The van der Waals surface area contributed by atoms with Gasteiger partial charge in [-0.25, -0.2) is 0 Å². The Labute approximate surface area is 115 Å². The summed E-state index contributed by atoms with van der Waals surface area (Å²) >= 11 is 0. The van der Waals surface area contributed by atoms with Crippen LogP contribution in [0.4, 0.5) is 5.69 Å². The topological polar surface area (TPSA) is 64.4 Å². The van der Waals surface area contributed by atoms with Crippen LogP contribution in [0.3, 0.4) is 0 Å². The van der Waals surface area contributed by atoms with Crippen LogP contribution in [0.2, 0.25) is 0 Å². The van der Waals surface area contributed by atoms with Gasteiger partial charge in [0, 0.05) is 12.8 Å². The van der Waals surface area contributed by atoms with Gasteiger partial charge < -0.3 is 15.8 Å². The third kappa shape index (κ3) is 4.33. The number of hydrogen-bond acceptors (Lipinski definition) is 3. The van der Waals surface area contributed by atoms with Crippen molar-refractivity contribution in [1.29, 1.82) is 0 Å². The van der Waals surface area contributed by atoms with Crippen molar-refractivity contribution < 1.29 is 9.53 Å². The highest BCUT2D eigenvalue weighted by molar-refractivity contribution is 5.97. The molecule has 0 aliphatic rings. The van der Waals surface area contributed by atoms with Crippen LogP contribution in [0.5, 0.6) is 0 Å². The Morgan fingerprint density at radius 2 is 2.21 bits per heavy atom. The Morgan fingerprint density at radius 1 is 1.53 bits per heavy atom. The van der Waals surface area contributed by atoms with Crippen molar-refractivity contribution in [3.05, 3.63) is 29.8 Å². The number of nitrogens with one attached hydrogen (secondary N) is 1. The number of hydrogen-bond donors (Lipinski definition) is 2. The molecule has 1 aromatic rings. The van der Waals surface area contributed by atoms with Gasteiger partial charge in [0.05, 0.1) is 11.6 Å². The SMILES string of the molecule is CCCC(C)(N)C(=O)Nc1cccc(C(C)OC)c1. The molecular weight excluding hydrogens is 240 g/mol. The van der Waals surface area contributed by atoms with Crippen molar-refractivity contribution in [2.45, 2.75) is 45.3 Å². The van der Waals surface area contributed by atoms with E-state index < -0.39 is 5.54 Å². The molecule has 4 heteroatoms. The summed E-state index contributed by atoms with van der Waals surface area (Å²) in [5, 5.41) is 2.87. The lowest BCUT2D eigenvalue weighted by atomic mass is 9.96. The smallest absolute Gasteiger partial charge is 0.244 e. The van der Waals surface area contributed by atoms with Gasteiger partial charge in [0.2, 0.25) is 5.91 Å². The Balaban J connectivity index is 2.80. The molecule has 0 saturated heterocycles. The zero-order valence-corrected chi connectivity index (χ0v) is 12.2. The van der Waals surface area contributed by atoms with E-state index >= 15 is 0 Å². The summed E-state index contributed by atoms with van der Waals surface area (Å²) in [6, 6.07) is 7.63. The summed E-state index contributed by atoms with van der Waals surface area (Å²) in [4.78, 5) is 12.1. The Bertz CT molecular complexity index is 430.